The second-order valence-corrected chi connectivity index (χ2v) is 6.14. The van der Waals surface area contributed by atoms with Gasteiger partial charge in [0.2, 0.25) is 0 Å². The molecule has 1 N–H and O–H groups in total. The predicted molar refractivity (Wildman–Crippen MR) is 96.3 cm³/mol. The summed E-state index contributed by atoms with van der Waals surface area (Å²) < 4.78 is 3.97. The van der Waals surface area contributed by atoms with Crippen molar-refractivity contribution < 1.29 is 0 Å². The zero-order chi connectivity index (χ0) is 16.8. The Bertz CT molecular complexity index is 645. The summed E-state index contributed by atoms with van der Waals surface area (Å²) in [5.41, 5.74) is 3.30. The molecule has 7 heteroatoms. The lowest BCUT2D eigenvalue weighted by Crippen LogP contribution is -2.37. The van der Waals surface area contributed by atoms with Gasteiger partial charge in [0, 0.05) is 38.6 Å². The molecule has 0 spiro atoms. The van der Waals surface area contributed by atoms with Crippen LogP contribution in [0.4, 0.5) is 0 Å². The van der Waals surface area contributed by atoms with Gasteiger partial charge in [-0.15, -0.1) is 0 Å². The van der Waals surface area contributed by atoms with Gasteiger partial charge in [-0.1, -0.05) is 0 Å². The Hall–Kier alpha value is -1.89. The highest BCUT2D eigenvalue weighted by Crippen LogP contribution is 2.03. The molecule has 6 nitrogen and oxygen atoms in total. The first-order valence-electron chi connectivity index (χ1n) is 8.02. The summed E-state index contributed by atoms with van der Waals surface area (Å²) in [6.45, 7) is 9.53. The minimum atomic E-state index is 0.719. The Labute approximate surface area is 143 Å². The van der Waals surface area contributed by atoms with E-state index in [1.54, 1.807) is 0 Å². The molecule has 2 aromatic heterocycles. The molecule has 0 unspecified atom stereocenters. The quantitative estimate of drug-likeness (QED) is 0.621. The largest absolute Gasteiger partial charge is 0.362 e. The fourth-order valence-corrected chi connectivity index (χ4v) is 2.61. The zero-order valence-corrected chi connectivity index (χ0v) is 15.2. The predicted octanol–water partition coefficient (Wildman–Crippen LogP) is 2.11. The van der Waals surface area contributed by atoms with E-state index in [0.717, 1.165) is 49.1 Å². The minimum Gasteiger partial charge on any atom is -0.362 e. The van der Waals surface area contributed by atoms with Crippen LogP contribution in [0.5, 0.6) is 0 Å². The average molecular weight is 334 g/mol. The van der Waals surface area contributed by atoms with Crippen molar-refractivity contribution in [1.82, 2.24) is 29.8 Å². The van der Waals surface area contributed by atoms with Crippen LogP contribution in [-0.2, 0) is 19.6 Å². The van der Waals surface area contributed by atoms with E-state index in [2.05, 4.69) is 35.4 Å². The van der Waals surface area contributed by atoms with Crippen molar-refractivity contribution in [2.45, 2.75) is 46.8 Å². The molecular weight excluding hydrogens is 308 g/mol. The molecule has 0 saturated carbocycles. The number of aryl methyl sites for hydroxylation is 4. The molecule has 0 radical (unpaired) electrons. The van der Waals surface area contributed by atoms with Crippen LogP contribution in [0.1, 0.15) is 30.4 Å². The van der Waals surface area contributed by atoms with Crippen LogP contribution in [0.15, 0.2) is 18.3 Å². The number of aromatic nitrogens is 4. The topological polar surface area (TPSA) is 50.9 Å². The lowest BCUT2D eigenvalue weighted by molar-refractivity contribution is 0.470. The molecule has 0 atom stereocenters. The molecular formula is C16H26N6S. The van der Waals surface area contributed by atoms with Crippen LogP contribution in [0.25, 0.3) is 0 Å². The third kappa shape index (κ3) is 5.06. The van der Waals surface area contributed by atoms with E-state index in [9.17, 15) is 0 Å². The highest BCUT2D eigenvalue weighted by atomic mass is 32.1. The van der Waals surface area contributed by atoms with Crippen LogP contribution in [-0.4, -0.2) is 43.2 Å². The Morgan fingerprint density at radius 2 is 2.13 bits per heavy atom. The van der Waals surface area contributed by atoms with Gasteiger partial charge in [0.25, 0.3) is 0 Å². The van der Waals surface area contributed by atoms with E-state index < -0.39 is 0 Å². The molecule has 2 heterocycles. The maximum absolute atomic E-state index is 5.43. The summed E-state index contributed by atoms with van der Waals surface area (Å²) in [5, 5.41) is 13.0. The fraction of sp³-hybridized carbons (Fsp3) is 0.562. The van der Waals surface area contributed by atoms with Crippen molar-refractivity contribution in [2.75, 3.05) is 13.6 Å². The third-order valence-corrected chi connectivity index (χ3v) is 4.15. The summed E-state index contributed by atoms with van der Waals surface area (Å²) in [7, 11) is 1.99. The molecule has 23 heavy (non-hydrogen) atoms. The second kappa shape index (κ2) is 8.10. The van der Waals surface area contributed by atoms with Gasteiger partial charge in [-0.3, -0.25) is 9.36 Å². The molecule has 0 aliphatic rings. The Kier molecular flexibility index (Phi) is 6.15. The number of hydrogen-bond acceptors (Lipinski definition) is 3. The molecule has 0 aliphatic carbocycles. The summed E-state index contributed by atoms with van der Waals surface area (Å²) in [6.07, 6.45) is 2.98. The molecule has 0 aliphatic heterocycles. The fourth-order valence-electron chi connectivity index (χ4n) is 2.44. The van der Waals surface area contributed by atoms with Crippen LogP contribution in [0.2, 0.25) is 0 Å². The molecule has 126 valence electrons. The van der Waals surface area contributed by atoms with Crippen LogP contribution in [0, 0.1) is 13.8 Å². The van der Waals surface area contributed by atoms with Gasteiger partial charge in [0.1, 0.15) is 0 Å². The monoisotopic (exact) mass is 334 g/mol. The van der Waals surface area contributed by atoms with Crippen molar-refractivity contribution in [2.24, 2.45) is 0 Å². The second-order valence-electron chi connectivity index (χ2n) is 5.75. The van der Waals surface area contributed by atoms with E-state index in [0.29, 0.717) is 0 Å². The first kappa shape index (κ1) is 17.5. The Morgan fingerprint density at radius 3 is 2.74 bits per heavy atom. The molecule has 0 amide bonds. The Balaban J connectivity index is 1.70. The summed E-state index contributed by atoms with van der Waals surface area (Å²) in [6, 6.07) is 4.13. The molecule has 0 bridgehead atoms. The SMILES string of the molecule is CCn1ccc(CN(C)C(=S)NCCCn2nc(C)cc2C)n1. The van der Waals surface area contributed by atoms with Gasteiger partial charge in [-0.2, -0.15) is 10.2 Å². The molecule has 0 aromatic carbocycles. The van der Waals surface area contributed by atoms with Crippen molar-refractivity contribution in [3.05, 3.63) is 35.4 Å². The van der Waals surface area contributed by atoms with Gasteiger partial charge in [-0.05, 0) is 51.5 Å². The van der Waals surface area contributed by atoms with Gasteiger partial charge in [0.05, 0.1) is 17.9 Å². The number of nitrogens with one attached hydrogen (secondary N) is 1. The molecule has 0 saturated heterocycles. The van der Waals surface area contributed by atoms with Crippen molar-refractivity contribution in [1.29, 1.82) is 0 Å². The smallest absolute Gasteiger partial charge is 0.169 e. The van der Waals surface area contributed by atoms with E-state index in [-0.39, 0.29) is 0 Å². The highest BCUT2D eigenvalue weighted by molar-refractivity contribution is 7.80. The molecule has 0 fully saturated rings. The van der Waals surface area contributed by atoms with Crippen molar-refractivity contribution in [3.63, 3.8) is 0 Å². The maximum Gasteiger partial charge on any atom is 0.169 e. The summed E-state index contributed by atoms with van der Waals surface area (Å²) in [5.74, 6) is 0. The average Bonchev–Trinajstić information content (AvgIpc) is 3.09. The zero-order valence-electron chi connectivity index (χ0n) is 14.4. The first-order valence-corrected chi connectivity index (χ1v) is 8.42. The minimum absolute atomic E-state index is 0.719. The molecule has 2 aromatic rings. The summed E-state index contributed by atoms with van der Waals surface area (Å²) >= 11 is 5.43. The standard InChI is InChI=1S/C16H26N6S/c1-5-21-10-7-15(19-21)12-20(4)16(23)17-8-6-9-22-14(3)11-13(2)18-22/h7,10-11H,5-6,8-9,12H2,1-4H3,(H,17,23). The number of thiocarbonyl (C=S) groups is 1. The normalized spacial score (nSPS) is 10.8. The lowest BCUT2D eigenvalue weighted by atomic mass is 10.4. The maximum atomic E-state index is 5.43. The van der Waals surface area contributed by atoms with E-state index >= 15 is 0 Å². The Morgan fingerprint density at radius 1 is 1.35 bits per heavy atom. The van der Waals surface area contributed by atoms with Gasteiger partial charge in [-0.25, -0.2) is 0 Å². The number of nitrogens with zero attached hydrogens (tertiary/aromatic N) is 5. The number of rotatable bonds is 7. The third-order valence-electron chi connectivity index (χ3n) is 3.69. The van der Waals surface area contributed by atoms with Crippen molar-refractivity contribution >= 4 is 17.3 Å². The number of hydrogen-bond donors (Lipinski definition) is 1. The molecule has 2 rings (SSSR count). The van der Waals surface area contributed by atoms with Crippen LogP contribution >= 0.6 is 12.2 Å². The highest BCUT2D eigenvalue weighted by Gasteiger charge is 2.07. The first-order chi connectivity index (χ1) is 11.0. The van der Waals surface area contributed by atoms with Crippen LogP contribution in [0.3, 0.4) is 0 Å². The van der Waals surface area contributed by atoms with Gasteiger partial charge in [0.15, 0.2) is 5.11 Å². The lowest BCUT2D eigenvalue weighted by Gasteiger charge is -2.20. The van der Waals surface area contributed by atoms with E-state index in [4.69, 9.17) is 12.2 Å². The van der Waals surface area contributed by atoms with E-state index in [1.165, 1.54) is 5.69 Å². The van der Waals surface area contributed by atoms with Gasteiger partial charge < -0.3 is 10.2 Å². The summed E-state index contributed by atoms with van der Waals surface area (Å²) in [4.78, 5) is 2.01. The van der Waals surface area contributed by atoms with Crippen LogP contribution < -0.4 is 5.32 Å². The van der Waals surface area contributed by atoms with Crippen molar-refractivity contribution in [3.8, 4) is 0 Å². The van der Waals surface area contributed by atoms with Gasteiger partial charge >= 0.3 is 0 Å². The van der Waals surface area contributed by atoms with E-state index in [1.807, 2.05) is 40.5 Å².